The Bertz CT molecular complexity index is 1420. The molecular weight excluding hydrogens is 530 g/mol. The van der Waals surface area contributed by atoms with E-state index in [1.807, 2.05) is 34.6 Å². The van der Waals surface area contributed by atoms with Crippen LogP contribution in [0.15, 0.2) is 30.4 Å². The summed E-state index contributed by atoms with van der Waals surface area (Å²) in [6.07, 6.45) is 3.55. The van der Waals surface area contributed by atoms with Gasteiger partial charge in [0.05, 0.1) is 17.8 Å². The lowest BCUT2D eigenvalue weighted by Crippen LogP contribution is -2.40. The number of ether oxygens (including phenoxy) is 3. The van der Waals surface area contributed by atoms with Crippen LogP contribution in [0.4, 0.5) is 10.7 Å². The number of aromatic nitrogens is 4. The number of nitrogens with zero attached hydrogens (tertiary/aromatic N) is 4. The zero-order valence-electron chi connectivity index (χ0n) is 24.4. The van der Waals surface area contributed by atoms with Crippen LogP contribution >= 0.6 is 0 Å². The first-order valence-corrected chi connectivity index (χ1v) is 13.3. The van der Waals surface area contributed by atoms with E-state index in [4.69, 9.17) is 19.9 Å². The maximum Gasteiger partial charge on any atom is 0.407 e. The van der Waals surface area contributed by atoms with Crippen molar-refractivity contribution in [3.63, 3.8) is 0 Å². The number of anilines is 1. The molecule has 2 heterocycles. The zero-order valence-corrected chi connectivity index (χ0v) is 24.4. The fourth-order valence-electron chi connectivity index (χ4n) is 3.99. The van der Waals surface area contributed by atoms with Crippen LogP contribution in [-0.2, 0) is 22.6 Å². The number of rotatable bonds is 13. The predicted octanol–water partition coefficient (Wildman–Crippen LogP) is 3.41. The van der Waals surface area contributed by atoms with Gasteiger partial charge in [-0.05, 0) is 58.9 Å². The van der Waals surface area contributed by atoms with Gasteiger partial charge in [-0.15, -0.1) is 0 Å². The van der Waals surface area contributed by atoms with Gasteiger partial charge in [-0.2, -0.15) is 5.10 Å². The number of allylic oxidation sites excluding steroid dienone is 1. The van der Waals surface area contributed by atoms with E-state index in [0.717, 1.165) is 0 Å². The third-order valence-corrected chi connectivity index (χ3v) is 5.74. The van der Waals surface area contributed by atoms with Crippen LogP contribution in [-0.4, -0.2) is 69.7 Å². The normalized spacial score (nSPS) is 11.7. The van der Waals surface area contributed by atoms with Crippen molar-refractivity contribution < 1.29 is 28.6 Å². The van der Waals surface area contributed by atoms with Gasteiger partial charge in [-0.25, -0.2) is 9.78 Å². The van der Waals surface area contributed by atoms with Gasteiger partial charge in [0, 0.05) is 44.3 Å². The molecule has 0 spiro atoms. The van der Waals surface area contributed by atoms with Crippen molar-refractivity contribution in [2.75, 3.05) is 32.2 Å². The average Bonchev–Trinajstić information content (AvgIpc) is 3.44. The largest absolute Gasteiger partial charge is 0.491 e. The second kappa shape index (κ2) is 13.8. The number of benzene rings is 1. The number of aryl methyl sites for hydroxylation is 2. The molecule has 0 aliphatic rings. The maximum atomic E-state index is 13.3. The summed E-state index contributed by atoms with van der Waals surface area (Å²) in [6.45, 7) is 10.9. The topological polar surface area (TPSA) is 165 Å². The molecule has 3 amide bonds. The second-order valence-corrected chi connectivity index (χ2v) is 10.3. The van der Waals surface area contributed by atoms with Crippen molar-refractivity contribution in [3.05, 3.63) is 47.3 Å². The Morgan fingerprint density at radius 1 is 1.12 bits per heavy atom. The van der Waals surface area contributed by atoms with E-state index < -0.39 is 23.4 Å². The van der Waals surface area contributed by atoms with E-state index in [9.17, 15) is 14.4 Å². The first-order chi connectivity index (χ1) is 19.4. The van der Waals surface area contributed by atoms with Crippen molar-refractivity contribution in [2.24, 2.45) is 5.73 Å². The molecule has 0 aliphatic carbocycles. The van der Waals surface area contributed by atoms with Gasteiger partial charge in [0.1, 0.15) is 23.6 Å². The summed E-state index contributed by atoms with van der Waals surface area (Å²) >= 11 is 0. The Balaban J connectivity index is 1.97. The molecule has 0 atom stereocenters. The van der Waals surface area contributed by atoms with Crippen LogP contribution in [0.25, 0.3) is 11.0 Å². The quantitative estimate of drug-likeness (QED) is 0.208. The minimum atomic E-state index is -0.637. The van der Waals surface area contributed by atoms with Crippen molar-refractivity contribution in [3.8, 4) is 5.75 Å². The fourth-order valence-corrected chi connectivity index (χ4v) is 3.99. The predicted molar refractivity (Wildman–Crippen MR) is 154 cm³/mol. The number of carbonyl (C=O) groups is 3. The highest BCUT2D eigenvalue weighted by Gasteiger charge is 2.21. The van der Waals surface area contributed by atoms with Gasteiger partial charge in [0.15, 0.2) is 0 Å². The van der Waals surface area contributed by atoms with Crippen LogP contribution in [0.3, 0.4) is 0 Å². The van der Waals surface area contributed by atoms with Gasteiger partial charge in [0.2, 0.25) is 11.9 Å². The van der Waals surface area contributed by atoms with E-state index in [2.05, 4.69) is 20.7 Å². The fraction of sp³-hybridized carbons (Fsp3) is 0.464. The van der Waals surface area contributed by atoms with Gasteiger partial charge in [-0.3, -0.25) is 19.6 Å². The summed E-state index contributed by atoms with van der Waals surface area (Å²) in [5.74, 6) is -0.426. The van der Waals surface area contributed by atoms with E-state index in [-0.39, 0.29) is 24.7 Å². The van der Waals surface area contributed by atoms with E-state index in [1.54, 1.807) is 46.7 Å². The number of hydrogen-bond acceptors (Lipinski definition) is 8. The standard InChI is InChI=1S/C28H39N7O6/c1-7-35-21(15-18(2)33-35)25(37)31-26-30-20-16-19(24(29)36)17-22(40-14-10-12-39-6)23(20)34(26)11-8-9-13-41-27(38)32-28(3,4)5/h8-9,15-17H,7,10-14H2,1-6H3,(H2,29,36)(H,32,38)(H,30,31,37)/b9-8+. The van der Waals surface area contributed by atoms with E-state index in [0.29, 0.717) is 54.4 Å². The molecule has 4 N–H and O–H groups in total. The summed E-state index contributed by atoms with van der Waals surface area (Å²) < 4.78 is 19.7. The maximum absolute atomic E-state index is 13.3. The second-order valence-electron chi connectivity index (χ2n) is 10.3. The molecule has 0 aliphatic heterocycles. The Labute approximate surface area is 239 Å². The van der Waals surface area contributed by atoms with Crippen LogP contribution in [0, 0.1) is 6.92 Å². The summed E-state index contributed by atoms with van der Waals surface area (Å²) in [6, 6.07) is 4.80. The molecule has 2 aromatic heterocycles. The summed E-state index contributed by atoms with van der Waals surface area (Å²) in [5, 5.41) is 9.95. The van der Waals surface area contributed by atoms with E-state index >= 15 is 0 Å². The SMILES string of the molecule is CCn1nc(C)cc1C(=O)Nc1nc2cc(C(N)=O)cc(OCCCOC)c2n1C/C=C/COC(=O)NC(C)(C)C. The molecule has 0 fully saturated rings. The highest BCUT2D eigenvalue weighted by atomic mass is 16.5. The average molecular weight is 570 g/mol. The molecular formula is C28H39N7O6. The molecule has 1 aromatic carbocycles. The number of fused-ring (bicyclic) bond motifs is 1. The minimum Gasteiger partial charge on any atom is -0.491 e. The molecule has 0 saturated heterocycles. The van der Waals surface area contributed by atoms with Crippen molar-refractivity contribution in [1.29, 1.82) is 0 Å². The minimum absolute atomic E-state index is 0.0391. The summed E-state index contributed by atoms with van der Waals surface area (Å²) in [4.78, 5) is 41.9. The third-order valence-electron chi connectivity index (χ3n) is 5.74. The van der Waals surface area contributed by atoms with Gasteiger partial charge in [0.25, 0.3) is 5.91 Å². The number of primary amides is 1. The molecule has 222 valence electrons. The molecule has 13 nitrogen and oxygen atoms in total. The number of imidazole rings is 1. The summed E-state index contributed by atoms with van der Waals surface area (Å²) in [7, 11) is 1.60. The number of methoxy groups -OCH3 is 1. The molecule has 3 rings (SSSR count). The lowest BCUT2D eigenvalue weighted by molar-refractivity contribution is 0.0995. The Morgan fingerprint density at radius 2 is 1.88 bits per heavy atom. The highest BCUT2D eigenvalue weighted by Crippen LogP contribution is 2.31. The first-order valence-electron chi connectivity index (χ1n) is 13.3. The Kier molecular flexibility index (Phi) is 10.5. The zero-order chi connectivity index (χ0) is 30.2. The van der Waals surface area contributed by atoms with Crippen LogP contribution in [0.1, 0.15) is 60.7 Å². The van der Waals surface area contributed by atoms with Gasteiger partial charge >= 0.3 is 6.09 Å². The lowest BCUT2D eigenvalue weighted by Gasteiger charge is -2.19. The third kappa shape index (κ3) is 8.55. The number of nitrogens with two attached hydrogens (primary N) is 1. The molecule has 13 heteroatoms. The van der Waals surface area contributed by atoms with Crippen LogP contribution in [0.5, 0.6) is 5.75 Å². The highest BCUT2D eigenvalue weighted by molar-refractivity contribution is 6.04. The molecule has 41 heavy (non-hydrogen) atoms. The van der Waals surface area contributed by atoms with Gasteiger partial charge < -0.3 is 29.8 Å². The molecule has 0 radical (unpaired) electrons. The monoisotopic (exact) mass is 569 g/mol. The number of carbonyl (C=O) groups excluding carboxylic acids is 3. The van der Waals surface area contributed by atoms with Crippen molar-refractivity contribution in [2.45, 2.75) is 59.7 Å². The Morgan fingerprint density at radius 3 is 2.54 bits per heavy atom. The van der Waals surface area contributed by atoms with Crippen LogP contribution in [0.2, 0.25) is 0 Å². The van der Waals surface area contributed by atoms with Crippen LogP contribution < -0.4 is 21.1 Å². The van der Waals surface area contributed by atoms with Crippen molar-refractivity contribution >= 4 is 34.9 Å². The summed E-state index contributed by atoms with van der Waals surface area (Å²) in [5.41, 5.74) is 7.43. The first kappa shape index (κ1) is 31.1. The number of hydrogen-bond donors (Lipinski definition) is 3. The number of amides is 3. The van der Waals surface area contributed by atoms with Gasteiger partial charge in [-0.1, -0.05) is 6.08 Å². The molecule has 0 unspecified atom stereocenters. The number of alkyl carbamates (subject to hydrolysis) is 1. The smallest absolute Gasteiger partial charge is 0.407 e. The van der Waals surface area contributed by atoms with E-state index in [1.165, 1.54) is 0 Å². The Hall–Kier alpha value is -4.39. The molecule has 0 saturated carbocycles. The van der Waals surface area contributed by atoms with Crippen molar-refractivity contribution in [1.82, 2.24) is 24.6 Å². The molecule has 3 aromatic rings. The molecule has 0 bridgehead atoms. The number of nitrogens with one attached hydrogen (secondary N) is 2. The lowest BCUT2D eigenvalue weighted by atomic mass is 10.1.